The number of ether oxygens (including phenoxy) is 1. The Morgan fingerprint density at radius 2 is 1.91 bits per heavy atom. The van der Waals surface area contributed by atoms with Crippen LogP contribution in [0.2, 0.25) is 0 Å². The fourth-order valence-electron chi connectivity index (χ4n) is 2.06. The van der Waals surface area contributed by atoms with Gasteiger partial charge in [-0.2, -0.15) is 0 Å². The summed E-state index contributed by atoms with van der Waals surface area (Å²) >= 11 is 0. The zero-order chi connectivity index (χ0) is 15.5. The van der Waals surface area contributed by atoms with Crippen LogP contribution in [0.5, 0.6) is 0 Å². The van der Waals surface area contributed by atoms with Gasteiger partial charge in [-0.25, -0.2) is 0 Å². The minimum atomic E-state index is -0.186. The van der Waals surface area contributed by atoms with E-state index >= 15 is 0 Å². The zero-order valence-electron chi connectivity index (χ0n) is 13.9. The molecule has 0 aliphatic heterocycles. The topological polar surface area (TPSA) is 67.6 Å². The maximum Gasteiger partial charge on any atom is 0.222 e. The lowest BCUT2D eigenvalue weighted by molar-refractivity contribution is -0.123. The number of methoxy groups -OCH3 is 1. The number of unbranched alkanes of at least 4 members (excludes halogenated alkanes) is 1. The molecule has 0 heterocycles. The van der Waals surface area contributed by atoms with Crippen LogP contribution in [-0.4, -0.2) is 45.8 Å². The third kappa shape index (κ3) is 10.4. The Morgan fingerprint density at radius 3 is 2.48 bits per heavy atom. The summed E-state index contributed by atoms with van der Waals surface area (Å²) in [6, 6.07) is 10.3. The molecule has 1 amide bonds. The highest BCUT2D eigenvalue weighted by Gasteiger charge is 2.10. The number of rotatable bonds is 10. The molecule has 1 aromatic rings. The maximum atomic E-state index is 11.6. The molecule has 7 heteroatoms. The van der Waals surface area contributed by atoms with Gasteiger partial charge in [0.25, 0.3) is 0 Å². The molecule has 0 aliphatic carbocycles. The molecule has 23 heavy (non-hydrogen) atoms. The Balaban J connectivity index is 0. The molecule has 0 spiro atoms. The van der Waals surface area contributed by atoms with Gasteiger partial charge in [0.2, 0.25) is 5.91 Å². The molecule has 0 fully saturated rings. The molecule has 0 radical (unpaired) electrons. The van der Waals surface area contributed by atoms with Crippen LogP contribution in [-0.2, 0) is 9.53 Å². The fourth-order valence-corrected chi connectivity index (χ4v) is 2.06. The lowest BCUT2D eigenvalue weighted by Gasteiger charge is -2.19. The number of nitrogens with one attached hydrogen (secondary N) is 1. The first-order valence-electron chi connectivity index (χ1n) is 7.43. The summed E-state index contributed by atoms with van der Waals surface area (Å²) in [5.74, 6) is 0.00344. The third-order valence-electron chi connectivity index (χ3n) is 3.45. The Hall–Kier alpha value is -1.01. The Morgan fingerprint density at radius 1 is 1.26 bits per heavy atom. The SMILES string of the molecule is COC(CN)CC(=O)NCCCCN(C)c1ccccc1.Cl.Cl. The molecule has 134 valence electrons. The Kier molecular flexibility index (Phi) is 15.4. The van der Waals surface area contributed by atoms with Crippen molar-refractivity contribution in [2.24, 2.45) is 5.73 Å². The van der Waals surface area contributed by atoms with Gasteiger partial charge in [-0.05, 0) is 25.0 Å². The van der Waals surface area contributed by atoms with Crippen LogP contribution in [0.3, 0.4) is 0 Å². The number of para-hydroxylation sites is 1. The van der Waals surface area contributed by atoms with Crippen molar-refractivity contribution in [3.63, 3.8) is 0 Å². The van der Waals surface area contributed by atoms with E-state index in [4.69, 9.17) is 10.5 Å². The molecule has 0 saturated carbocycles. The predicted molar refractivity (Wildman–Crippen MR) is 101 cm³/mol. The summed E-state index contributed by atoms with van der Waals surface area (Å²) in [7, 11) is 3.66. The van der Waals surface area contributed by atoms with Crippen LogP contribution in [0, 0.1) is 0 Å². The average Bonchev–Trinajstić information content (AvgIpc) is 2.52. The highest BCUT2D eigenvalue weighted by molar-refractivity contribution is 5.85. The molecule has 1 rings (SSSR count). The Labute approximate surface area is 151 Å². The van der Waals surface area contributed by atoms with E-state index in [1.807, 2.05) is 18.2 Å². The van der Waals surface area contributed by atoms with Crippen molar-refractivity contribution in [1.29, 1.82) is 0 Å². The van der Waals surface area contributed by atoms with Gasteiger partial charge in [0, 0.05) is 39.5 Å². The van der Waals surface area contributed by atoms with Gasteiger partial charge in [0.05, 0.1) is 12.5 Å². The van der Waals surface area contributed by atoms with Gasteiger partial charge in [-0.15, -0.1) is 24.8 Å². The highest BCUT2D eigenvalue weighted by atomic mass is 35.5. The van der Waals surface area contributed by atoms with Crippen molar-refractivity contribution in [1.82, 2.24) is 5.32 Å². The molecule has 1 unspecified atom stereocenters. The number of benzene rings is 1. The molecular weight excluding hydrogens is 337 g/mol. The number of hydrogen-bond donors (Lipinski definition) is 2. The van der Waals surface area contributed by atoms with Gasteiger partial charge in [0.15, 0.2) is 0 Å². The van der Waals surface area contributed by atoms with E-state index in [9.17, 15) is 4.79 Å². The van der Waals surface area contributed by atoms with Crippen molar-refractivity contribution >= 4 is 36.4 Å². The summed E-state index contributed by atoms with van der Waals surface area (Å²) in [4.78, 5) is 13.9. The summed E-state index contributed by atoms with van der Waals surface area (Å²) in [6.07, 6.45) is 2.14. The van der Waals surface area contributed by atoms with E-state index in [-0.39, 0.29) is 36.8 Å². The number of hydrogen-bond acceptors (Lipinski definition) is 4. The minimum absolute atomic E-state index is 0. The number of carbonyl (C=O) groups excluding carboxylic acids is 1. The third-order valence-corrected chi connectivity index (χ3v) is 3.45. The number of carbonyl (C=O) groups is 1. The number of nitrogens with two attached hydrogens (primary N) is 1. The smallest absolute Gasteiger partial charge is 0.222 e. The van der Waals surface area contributed by atoms with E-state index < -0.39 is 0 Å². The summed E-state index contributed by atoms with van der Waals surface area (Å²) in [5.41, 5.74) is 6.70. The van der Waals surface area contributed by atoms with Gasteiger partial charge in [-0.1, -0.05) is 18.2 Å². The maximum absolute atomic E-state index is 11.6. The van der Waals surface area contributed by atoms with Crippen LogP contribution >= 0.6 is 24.8 Å². The first kappa shape index (κ1) is 24.2. The van der Waals surface area contributed by atoms with Crippen LogP contribution in [0.15, 0.2) is 30.3 Å². The number of halogens is 2. The number of amides is 1. The van der Waals surface area contributed by atoms with Crippen molar-refractivity contribution in [3.8, 4) is 0 Å². The van der Waals surface area contributed by atoms with E-state index in [0.717, 1.165) is 19.4 Å². The molecule has 0 bridgehead atoms. The van der Waals surface area contributed by atoms with Crippen LogP contribution in [0.1, 0.15) is 19.3 Å². The number of nitrogens with zero attached hydrogens (tertiary/aromatic N) is 1. The summed E-state index contributed by atoms with van der Waals surface area (Å²) < 4.78 is 5.09. The van der Waals surface area contributed by atoms with E-state index in [0.29, 0.717) is 19.5 Å². The van der Waals surface area contributed by atoms with Crippen molar-refractivity contribution in [3.05, 3.63) is 30.3 Å². The molecule has 0 saturated heterocycles. The van der Waals surface area contributed by atoms with Crippen LogP contribution < -0.4 is 16.0 Å². The number of anilines is 1. The fraction of sp³-hybridized carbons (Fsp3) is 0.562. The normalized spacial score (nSPS) is 10.9. The summed E-state index contributed by atoms with van der Waals surface area (Å²) in [5, 5.41) is 2.90. The Bertz CT molecular complexity index is 404. The van der Waals surface area contributed by atoms with Gasteiger partial charge < -0.3 is 20.7 Å². The first-order valence-corrected chi connectivity index (χ1v) is 7.43. The largest absolute Gasteiger partial charge is 0.380 e. The highest BCUT2D eigenvalue weighted by Crippen LogP contribution is 2.11. The molecule has 3 N–H and O–H groups in total. The van der Waals surface area contributed by atoms with Crippen molar-refractivity contribution in [2.75, 3.05) is 38.7 Å². The quantitative estimate of drug-likeness (QED) is 0.623. The molecule has 0 aromatic heterocycles. The average molecular weight is 366 g/mol. The second kappa shape index (κ2) is 14.6. The second-order valence-electron chi connectivity index (χ2n) is 5.11. The predicted octanol–water partition coefficient (Wildman–Crippen LogP) is 2.23. The first-order chi connectivity index (χ1) is 10.2. The van der Waals surface area contributed by atoms with Gasteiger partial charge in [-0.3, -0.25) is 4.79 Å². The second-order valence-corrected chi connectivity index (χ2v) is 5.11. The van der Waals surface area contributed by atoms with Gasteiger partial charge >= 0.3 is 0 Å². The lowest BCUT2D eigenvalue weighted by atomic mass is 10.2. The molecule has 1 aromatic carbocycles. The van der Waals surface area contributed by atoms with Crippen LogP contribution in [0.25, 0.3) is 0 Å². The minimum Gasteiger partial charge on any atom is -0.380 e. The van der Waals surface area contributed by atoms with Crippen molar-refractivity contribution < 1.29 is 9.53 Å². The standard InChI is InChI=1S/C16H27N3O2.2ClH/c1-19(14-8-4-3-5-9-14)11-7-6-10-18-16(20)12-15(13-17)21-2;;/h3-5,8-9,15H,6-7,10-13,17H2,1-2H3,(H,18,20);2*1H. The van der Waals surface area contributed by atoms with E-state index in [1.165, 1.54) is 5.69 Å². The van der Waals surface area contributed by atoms with E-state index in [2.05, 4.69) is 29.4 Å². The van der Waals surface area contributed by atoms with Gasteiger partial charge in [0.1, 0.15) is 0 Å². The monoisotopic (exact) mass is 365 g/mol. The lowest BCUT2D eigenvalue weighted by Crippen LogP contribution is -2.32. The summed E-state index contributed by atoms with van der Waals surface area (Å²) in [6.45, 7) is 2.04. The zero-order valence-corrected chi connectivity index (χ0v) is 15.5. The van der Waals surface area contributed by atoms with Crippen molar-refractivity contribution in [2.45, 2.75) is 25.4 Å². The molecule has 5 nitrogen and oxygen atoms in total. The molecule has 1 atom stereocenters. The molecular formula is C16H29Cl2N3O2. The molecule has 0 aliphatic rings. The van der Waals surface area contributed by atoms with Crippen LogP contribution in [0.4, 0.5) is 5.69 Å². The van der Waals surface area contributed by atoms with E-state index in [1.54, 1.807) is 7.11 Å².